The van der Waals surface area contributed by atoms with Crippen LogP contribution in [0.2, 0.25) is 0 Å². The first-order valence-corrected chi connectivity index (χ1v) is 11.3. The van der Waals surface area contributed by atoms with E-state index in [0.29, 0.717) is 17.1 Å². The van der Waals surface area contributed by atoms with Crippen LogP contribution in [0.1, 0.15) is 17.3 Å². The number of amides is 2. The Morgan fingerprint density at radius 3 is 2.35 bits per heavy atom. The van der Waals surface area contributed by atoms with Gasteiger partial charge in [-0.05, 0) is 61.5 Å². The zero-order chi connectivity index (χ0) is 24.3. The molecule has 1 atom stereocenters. The van der Waals surface area contributed by atoms with Gasteiger partial charge in [0, 0.05) is 23.6 Å². The fourth-order valence-electron chi connectivity index (χ4n) is 2.93. The zero-order valence-corrected chi connectivity index (χ0v) is 18.5. The van der Waals surface area contributed by atoms with Crippen molar-refractivity contribution in [3.63, 3.8) is 0 Å². The molecule has 0 spiro atoms. The Morgan fingerprint density at radius 2 is 1.71 bits per heavy atom. The number of azo groups is 1. The van der Waals surface area contributed by atoms with E-state index < -0.39 is 27.9 Å². The van der Waals surface area contributed by atoms with Gasteiger partial charge < -0.3 is 5.73 Å². The number of rotatable bonds is 6. The van der Waals surface area contributed by atoms with Gasteiger partial charge in [-0.25, -0.2) is 23.1 Å². The number of nitrogens with two attached hydrogens (primary N) is 1. The number of benzene rings is 2. The van der Waals surface area contributed by atoms with E-state index in [2.05, 4.69) is 30.0 Å². The van der Waals surface area contributed by atoms with Crippen molar-refractivity contribution in [2.45, 2.75) is 17.9 Å². The maximum Gasteiger partial charge on any atom is 0.282 e. The molecule has 1 unspecified atom stereocenters. The van der Waals surface area contributed by atoms with E-state index >= 15 is 0 Å². The second kappa shape index (κ2) is 9.15. The van der Waals surface area contributed by atoms with E-state index in [9.17, 15) is 18.0 Å². The second-order valence-electron chi connectivity index (χ2n) is 7.11. The lowest BCUT2D eigenvalue weighted by Crippen LogP contribution is -2.34. The molecule has 12 nitrogen and oxygen atoms in total. The van der Waals surface area contributed by atoms with Gasteiger partial charge >= 0.3 is 0 Å². The molecule has 0 fully saturated rings. The van der Waals surface area contributed by atoms with Crippen LogP contribution in [0.5, 0.6) is 0 Å². The summed E-state index contributed by atoms with van der Waals surface area (Å²) in [6, 6.07) is 12.1. The van der Waals surface area contributed by atoms with Crippen molar-refractivity contribution < 1.29 is 18.0 Å². The van der Waals surface area contributed by atoms with Crippen LogP contribution >= 0.6 is 0 Å². The fourth-order valence-corrected chi connectivity index (χ4v) is 3.89. The van der Waals surface area contributed by atoms with Crippen LogP contribution in [0.15, 0.2) is 87.2 Å². The van der Waals surface area contributed by atoms with Crippen LogP contribution in [0.25, 0.3) is 0 Å². The summed E-state index contributed by atoms with van der Waals surface area (Å²) >= 11 is 0. The van der Waals surface area contributed by atoms with Crippen LogP contribution in [0, 0.1) is 0 Å². The van der Waals surface area contributed by atoms with E-state index in [0.717, 1.165) is 5.01 Å². The smallest absolute Gasteiger partial charge is 0.282 e. The van der Waals surface area contributed by atoms with Crippen molar-refractivity contribution >= 4 is 44.9 Å². The highest BCUT2D eigenvalue weighted by Crippen LogP contribution is 2.22. The molecule has 0 aliphatic carbocycles. The van der Waals surface area contributed by atoms with Crippen LogP contribution in [-0.4, -0.2) is 47.0 Å². The number of nitrogens with one attached hydrogen (secondary N) is 1. The topological polar surface area (TPSA) is 172 Å². The van der Waals surface area contributed by atoms with Gasteiger partial charge in [0.2, 0.25) is 5.95 Å². The van der Waals surface area contributed by atoms with Gasteiger partial charge in [-0.2, -0.15) is 20.3 Å². The van der Waals surface area contributed by atoms with Gasteiger partial charge in [0.15, 0.2) is 6.04 Å². The first-order valence-electron chi connectivity index (χ1n) is 9.84. The lowest BCUT2D eigenvalue weighted by Gasteiger charge is -2.10. The summed E-state index contributed by atoms with van der Waals surface area (Å²) < 4.78 is 27.2. The van der Waals surface area contributed by atoms with Gasteiger partial charge in [-0.15, -0.1) is 0 Å². The second-order valence-corrected chi connectivity index (χ2v) is 8.79. The fraction of sp³-hybridized carbons (Fsp3) is 0.0952. The number of carbonyl (C=O) groups is 2. The van der Waals surface area contributed by atoms with Gasteiger partial charge in [0.05, 0.1) is 16.3 Å². The molecule has 4 rings (SSSR count). The molecule has 34 heavy (non-hydrogen) atoms. The van der Waals surface area contributed by atoms with Crippen molar-refractivity contribution in [1.29, 1.82) is 0 Å². The van der Waals surface area contributed by atoms with Gasteiger partial charge in [-0.3, -0.25) is 9.59 Å². The third-order valence-corrected chi connectivity index (χ3v) is 6.02. The summed E-state index contributed by atoms with van der Waals surface area (Å²) in [6.07, 6.45) is 2.82. The van der Waals surface area contributed by atoms with E-state index in [1.165, 1.54) is 48.8 Å². The molecule has 172 valence electrons. The van der Waals surface area contributed by atoms with Crippen molar-refractivity contribution in [2.75, 3.05) is 10.5 Å². The molecule has 0 saturated heterocycles. The Kier molecular flexibility index (Phi) is 6.10. The average Bonchev–Trinajstić information content (AvgIpc) is 3.11. The number of anilines is 2. The van der Waals surface area contributed by atoms with Crippen molar-refractivity contribution in [2.24, 2.45) is 15.3 Å². The number of carbonyl (C=O) groups excluding carboxylic acids is 2. The Balaban J connectivity index is 1.45. The van der Waals surface area contributed by atoms with Crippen molar-refractivity contribution in [3.05, 3.63) is 72.6 Å². The van der Waals surface area contributed by atoms with Gasteiger partial charge in [-0.1, -0.05) is 0 Å². The molecule has 1 aliphatic rings. The number of hydrazone groups is 1. The monoisotopic (exact) mass is 478 g/mol. The maximum atomic E-state index is 12.7. The van der Waals surface area contributed by atoms with E-state index in [-0.39, 0.29) is 16.4 Å². The standard InChI is InChI=1S/C21H18N8O4S/c1-13-18(20(31)29(27-13)19(30)14-3-5-15(22)6-4-14)26-25-16-7-9-17(10-8-16)34(32,33)28-21-23-11-2-12-24-21/h2-12,18H,22H2,1H3,(H,23,24,28). The third-order valence-electron chi connectivity index (χ3n) is 4.67. The number of nitrogen functional groups attached to an aromatic ring is 1. The predicted octanol–water partition coefficient (Wildman–Crippen LogP) is 2.37. The normalized spacial score (nSPS) is 16.0. The number of aromatic nitrogens is 2. The third kappa shape index (κ3) is 4.78. The van der Waals surface area contributed by atoms with E-state index in [1.54, 1.807) is 25.1 Å². The van der Waals surface area contributed by atoms with Gasteiger partial charge in [0.25, 0.3) is 21.8 Å². The summed E-state index contributed by atoms with van der Waals surface area (Å²) in [6.45, 7) is 1.56. The molecule has 2 amide bonds. The molecule has 3 N–H and O–H groups in total. The SMILES string of the molecule is CC1=NN(C(=O)c2ccc(N)cc2)C(=O)C1N=Nc1ccc(S(=O)(=O)Nc2ncccn2)cc1. The van der Waals surface area contributed by atoms with Gasteiger partial charge in [0.1, 0.15) is 0 Å². The number of hydrogen-bond donors (Lipinski definition) is 2. The zero-order valence-electron chi connectivity index (χ0n) is 17.7. The first-order chi connectivity index (χ1) is 16.2. The number of imide groups is 1. The highest BCUT2D eigenvalue weighted by atomic mass is 32.2. The largest absolute Gasteiger partial charge is 0.399 e. The Bertz CT molecular complexity index is 1390. The Morgan fingerprint density at radius 1 is 1.06 bits per heavy atom. The number of hydrogen-bond acceptors (Lipinski definition) is 10. The van der Waals surface area contributed by atoms with Crippen LogP contribution in [0.3, 0.4) is 0 Å². The summed E-state index contributed by atoms with van der Waals surface area (Å²) in [7, 11) is -3.90. The molecule has 0 bridgehead atoms. The Labute approximate surface area is 194 Å². The highest BCUT2D eigenvalue weighted by Gasteiger charge is 2.38. The molecule has 0 radical (unpaired) electrons. The molecular formula is C21H18N8O4S. The minimum Gasteiger partial charge on any atom is -0.399 e. The molecule has 1 aromatic heterocycles. The van der Waals surface area contributed by atoms with E-state index in [4.69, 9.17) is 5.73 Å². The first kappa shape index (κ1) is 22.7. The summed E-state index contributed by atoms with van der Waals surface area (Å²) in [5.41, 5.74) is 6.96. The summed E-state index contributed by atoms with van der Waals surface area (Å²) in [5, 5.41) is 12.8. The van der Waals surface area contributed by atoms with Crippen molar-refractivity contribution in [1.82, 2.24) is 15.0 Å². The van der Waals surface area contributed by atoms with Crippen molar-refractivity contribution in [3.8, 4) is 0 Å². The lowest BCUT2D eigenvalue weighted by atomic mass is 10.1. The predicted molar refractivity (Wildman–Crippen MR) is 123 cm³/mol. The minimum atomic E-state index is -3.90. The summed E-state index contributed by atoms with van der Waals surface area (Å²) in [5.74, 6) is -1.31. The summed E-state index contributed by atoms with van der Waals surface area (Å²) in [4.78, 5) is 32.9. The van der Waals surface area contributed by atoms with Crippen LogP contribution in [0.4, 0.5) is 17.3 Å². The molecule has 2 heterocycles. The molecule has 13 heteroatoms. The molecule has 1 aliphatic heterocycles. The van der Waals surface area contributed by atoms with Crippen LogP contribution in [-0.2, 0) is 14.8 Å². The van der Waals surface area contributed by atoms with E-state index in [1.807, 2.05) is 0 Å². The Hall–Kier alpha value is -4.52. The molecular weight excluding hydrogens is 460 g/mol. The molecule has 3 aromatic rings. The number of sulfonamides is 1. The quantitative estimate of drug-likeness (QED) is 0.311. The lowest BCUT2D eigenvalue weighted by molar-refractivity contribution is -0.127. The average molecular weight is 478 g/mol. The number of nitrogens with zero attached hydrogens (tertiary/aromatic N) is 6. The minimum absolute atomic E-state index is 0.0335. The highest BCUT2D eigenvalue weighted by molar-refractivity contribution is 7.92. The molecule has 2 aromatic carbocycles. The maximum absolute atomic E-state index is 12.7. The van der Waals surface area contributed by atoms with Crippen LogP contribution < -0.4 is 10.5 Å². The molecule has 0 saturated carbocycles.